The van der Waals surface area contributed by atoms with Gasteiger partial charge in [-0.15, -0.1) is 0 Å². The molecule has 0 radical (unpaired) electrons. The smallest absolute Gasteiger partial charge is 0.115 e. The molecule has 3 aliphatic carbocycles. The van der Waals surface area contributed by atoms with E-state index in [9.17, 15) is 10.2 Å². The first-order chi connectivity index (χ1) is 9.59. The number of aryl methyl sites for hydroxylation is 1. The Morgan fingerprint density at radius 3 is 2.90 bits per heavy atom. The van der Waals surface area contributed by atoms with Crippen LogP contribution in [0.25, 0.3) is 0 Å². The minimum atomic E-state index is -0.269. The Hall–Kier alpha value is -1.28. The largest absolute Gasteiger partial charge is 0.508 e. The Labute approximate surface area is 120 Å². The third kappa shape index (κ3) is 1.54. The second-order valence-electron chi connectivity index (χ2n) is 7.09. The number of allylic oxidation sites excluding steroid dienone is 1. The maximum atomic E-state index is 10.3. The molecule has 2 nitrogen and oxygen atoms in total. The van der Waals surface area contributed by atoms with Crippen molar-refractivity contribution in [3.8, 4) is 5.75 Å². The third-order valence-corrected chi connectivity index (χ3v) is 6.18. The molecule has 4 rings (SSSR count). The molecule has 0 spiro atoms. The van der Waals surface area contributed by atoms with Crippen molar-refractivity contribution in [1.82, 2.24) is 0 Å². The SMILES string of the molecule is C[C@]12CCC3c4ccc(O)cc4CC[C@H]3C1C=C[C@@H]2O. The summed E-state index contributed by atoms with van der Waals surface area (Å²) in [5.74, 6) is 2.16. The van der Waals surface area contributed by atoms with E-state index in [4.69, 9.17) is 0 Å². The van der Waals surface area contributed by atoms with Crippen molar-refractivity contribution in [3.05, 3.63) is 41.5 Å². The number of benzene rings is 1. The molecule has 2 heteroatoms. The third-order valence-electron chi connectivity index (χ3n) is 6.18. The van der Waals surface area contributed by atoms with E-state index in [2.05, 4.69) is 19.1 Å². The number of phenolic OH excluding ortho intramolecular Hbond substituents is 1. The lowest BCUT2D eigenvalue weighted by Gasteiger charge is -2.50. The lowest BCUT2D eigenvalue weighted by Crippen LogP contribution is -2.44. The fraction of sp³-hybridized carbons (Fsp3) is 0.556. The van der Waals surface area contributed by atoms with E-state index in [-0.39, 0.29) is 11.5 Å². The van der Waals surface area contributed by atoms with Gasteiger partial charge in [0.15, 0.2) is 0 Å². The standard InChI is InChI=1S/C18H22O2/c1-18-9-8-14-13-5-3-12(19)10-11(13)2-4-15(14)16(18)6-7-17(18)20/h3,5-7,10,14-17,19-20H,2,4,8-9H2,1H3/t14?,15-,16?,17+,18+/m1/s1. The number of aliphatic hydroxyl groups excluding tert-OH is 1. The molecule has 2 unspecified atom stereocenters. The first-order valence-corrected chi connectivity index (χ1v) is 7.78. The average Bonchev–Trinajstić information content (AvgIpc) is 2.74. The summed E-state index contributed by atoms with van der Waals surface area (Å²) in [5, 5.41) is 20.0. The van der Waals surface area contributed by atoms with Gasteiger partial charge in [0.1, 0.15) is 5.75 Å². The fourth-order valence-corrected chi connectivity index (χ4v) is 5.00. The molecule has 0 aromatic heterocycles. The van der Waals surface area contributed by atoms with E-state index in [0.717, 1.165) is 19.3 Å². The maximum Gasteiger partial charge on any atom is 0.115 e. The van der Waals surface area contributed by atoms with Crippen LogP contribution in [0.15, 0.2) is 30.4 Å². The zero-order valence-electron chi connectivity index (χ0n) is 11.9. The second kappa shape index (κ2) is 4.11. The molecule has 0 heterocycles. The summed E-state index contributed by atoms with van der Waals surface area (Å²) in [6.45, 7) is 2.25. The molecular weight excluding hydrogens is 248 g/mol. The van der Waals surface area contributed by atoms with Crippen molar-refractivity contribution < 1.29 is 10.2 Å². The molecule has 106 valence electrons. The van der Waals surface area contributed by atoms with Crippen LogP contribution in [-0.2, 0) is 6.42 Å². The van der Waals surface area contributed by atoms with Crippen molar-refractivity contribution >= 4 is 0 Å². The van der Waals surface area contributed by atoms with Gasteiger partial charge in [-0.25, -0.2) is 0 Å². The van der Waals surface area contributed by atoms with Crippen LogP contribution >= 0.6 is 0 Å². The number of hydrogen-bond donors (Lipinski definition) is 2. The number of aromatic hydroxyl groups is 1. The molecule has 0 saturated heterocycles. The highest BCUT2D eigenvalue weighted by molar-refractivity contribution is 5.40. The number of rotatable bonds is 0. The van der Waals surface area contributed by atoms with E-state index in [1.807, 2.05) is 18.2 Å². The summed E-state index contributed by atoms with van der Waals surface area (Å²) in [5.41, 5.74) is 2.82. The predicted octanol–water partition coefficient (Wildman–Crippen LogP) is 3.39. The molecule has 1 aromatic rings. The highest BCUT2D eigenvalue weighted by Gasteiger charge is 2.52. The van der Waals surface area contributed by atoms with E-state index in [1.165, 1.54) is 17.5 Å². The monoisotopic (exact) mass is 270 g/mol. The van der Waals surface area contributed by atoms with Crippen molar-refractivity contribution in [2.45, 2.75) is 44.6 Å². The number of phenols is 1. The zero-order chi connectivity index (χ0) is 13.9. The summed E-state index contributed by atoms with van der Waals surface area (Å²) in [4.78, 5) is 0. The van der Waals surface area contributed by atoms with Crippen molar-refractivity contribution in [2.75, 3.05) is 0 Å². The van der Waals surface area contributed by atoms with Crippen molar-refractivity contribution in [2.24, 2.45) is 17.3 Å². The van der Waals surface area contributed by atoms with E-state index in [0.29, 0.717) is 23.5 Å². The predicted molar refractivity (Wildman–Crippen MR) is 78.6 cm³/mol. The highest BCUT2D eigenvalue weighted by atomic mass is 16.3. The Kier molecular flexibility index (Phi) is 2.56. The van der Waals surface area contributed by atoms with Crippen molar-refractivity contribution in [1.29, 1.82) is 0 Å². The van der Waals surface area contributed by atoms with Crippen LogP contribution in [0.5, 0.6) is 5.75 Å². The molecule has 2 N–H and O–H groups in total. The second-order valence-corrected chi connectivity index (χ2v) is 7.09. The van der Waals surface area contributed by atoms with E-state index < -0.39 is 0 Å². The molecule has 0 aliphatic heterocycles. The zero-order valence-corrected chi connectivity index (χ0v) is 11.9. The van der Waals surface area contributed by atoms with Crippen LogP contribution in [0.3, 0.4) is 0 Å². The van der Waals surface area contributed by atoms with Crippen molar-refractivity contribution in [3.63, 3.8) is 0 Å². The van der Waals surface area contributed by atoms with E-state index in [1.54, 1.807) is 0 Å². The molecule has 1 fully saturated rings. The number of fused-ring (bicyclic) bond motifs is 5. The van der Waals surface area contributed by atoms with Crippen LogP contribution in [0.4, 0.5) is 0 Å². The van der Waals surface area contributed by atoms with Crippen LogP contribution in [0, 0.1) is 17.3 Å². The normalized spacial score (nSPS) is 41.9. The molecule has 1 aromatic carbocycles. The quantitative estimate of drug-likeness (QED) is 0.709. The average molecular weight is 270 g/mol. The molecule has 20 heavy (non-hydrogen) atoms. The summed E-state index contributed by atoms with van der Waals surface area (Å²) < 4.78 is 0. The molecule has 0 amide bonds. The van der Waals surface area contributed by atoms with Gasteiger partial charge in [0.05, 0.1) is 6.10 Å². The van der Waals surface area contributed by atoms with Gasteiger partial charge in [-0.2, -0.15) is 0 Å². The summed E-state index contributed by atoms with van der Waals surface area (Å²) in [6.07, 6.45) is 8.50. The lowest BCUT2D eigenvalue weighted by atomic mass is 9.55. The van der Waals surface area contributed by atoms with Gasteiger partial charge in [0.2, 0.25) is 0 Å². The Balaban J connectivity index is 1.73. The van der Waals surface area contributed by atoms with Gasteiger partial charge in [0.25, 0.3) is 0 Å². The Morgan fingerprint density at radius 1 is 1.20 bits per heavy atom. The number of hydrogen-bond acceptors (Lipinski definition) is 2. The van der Waals surface area contributed by atoms with Crippen LogP contribution in [0.2, 0.25) is 0 Å². The first kappa shape index (κ1) is 12.5. The molecular formula is C18H22O2. The summed E-state index contributed by atoms with van der Waals surface area (Å²) in [6, 6.07) is 5.90. The minimum Gasteiger partial charge on any atom is -0.508 e. The lowest BCUT2D eigenvalue weighted by molar-refractivity contribution is -0.0101. The Bertz CT molecular complexity index is 577. The minimum absolute atomic E-state index is 0.0512. The fourth-order valence-electron chi connectivity index (χ4n) is 5.00. The first-order valence-electron chi connectivity index (χ1n) is 7.78. The summed E-state index contributed by atoms with van der Waals surface area (Å²) >= 11 is 0. The van der Waals surface area contributed by atoms with Gasteiger partial charge in [-0.05, 0) is 66.7 Å². The molecule has 3 aliphatic rings. The van der Waals surface area contributed by atoms with Crippen LogP contribution in [0.1, 0.15) is 43.2 Å². The van der Waals surface area contributed by atoms with Crippen LogP contribution < -0.4 is 0 Å². The number of aliphatic hydroxyl groups is 1. The maximum absolute atomic E-state index is 10.3. The van der Waals surface area contributed by atoms with Gasteiger partial charge >= 0.3 is 0 Å². The highest BCUT2D eigenvalue weighted by Crippen LogP contribution is 2.58. The van der Waals surface area contributed by atoms with E-state index >= 15 is 0 Å². The molecule has 0 bridgehead atoms. The topological polar surface area (TPSA) is 40.5 Å². The Morgan fingerprint density at radius 2 is 2.05 bits per heavy atom. The molecule has 5 atom stereocenters. The van der Waals surface area contributed by atoms with Gasteiger partial charge in [0, 0.05) is 5.41 Å². The molecule has 1 saturated carbocycles. The van der Waals surface area contributed by atoms with Gasteiger partial charge in [-0.1, -0.05) is 25.1 Å². The van der Waals surface area contributed by atoms with Gasteiger partial charge in [-0.3, -0.25) is 0 Å². The van der Waals surface area contributed by atoms with Crippen LogP contribution in [-0.4, -0.2) is 16.3 Å². The van der Waals surface area contributed by atoms with Gasteiger partial charge < -0.3 is 10.2 Å². The summed E-state index contributed by atoms with van der Waals surface area (Å²) in [7, 11) is 0.